The molecule has 3 aliphatic rings. The molecule has 0 unspecified atom stereocenters. The smallest absolute Gasteiger partial charge is 0.262 e. The summed E-state index contributed by atoms with van der Waals surface area (Å²) in [5.41, 5.74) is 1.79. The molecule has 3 fully saturated rings. The minimum Gasteiger partial charge on any atom is -0.376 e. The molecule has 0 bridgehead atoms. The molecule has 228 valence electrons. The average molecular weight is 604 g/mol. The van der Waals surface area contributed by atoms with Crippen molar-refractivity contribution < 1.29 is 14.3 Å². The van der Waals surface area contributed by atoms with Crippen molar-refractivity contribution in [2.45, 2.75) is 56.3 Å². The van der Waals surface area contributed by atoms with Crippen molar-refractivity contribution in [2.24, 2.45) is 11.8 Å². The van der Waals surface area contributed by atoms with E-state index in [0.717, 1.165) is 71.3 Å². The Kier molecular flexibility index (Phi) is 9.63. The molecule has 0 spiro atoms. The molecule has 3 heterocycles. The molecule has 1 atom stereocenters. The van der Waals surface area contributed by atoms with Gasteiger partial charge < -0.3 is 19.9 Å². The summed E-state index contributed by atoms with van der Waals surface area (Å²) in [6.45, 7) is 5.05. The molecule has 0 radical (unpaired) electrons. The van der Waals surface area contributed by atoms with Crippen LogP contribution in [0.5, 0.6) is 0 Å². The molecule has 1 aliphatic carbocycles. The second-order valence-corrected chi connectivity index (χ2v) is 12.9. The average Bonchev–Trinajstić information content (AvgIpc) is 3.59. The standard InChI is InChI=1S/C33H41N5O4S/c39-30(34-21-27-9-6-20-42-27)23-43-33-35-29-11-5-4-10-28(29)32(41)38(33)22-24-12-14-25(15-13-24)31(40)37-18-16-36(17-19-37)26-7-2-1-3-8-26/h1-5,7-8,10-11,24-25,27H,6,9,12-23H2,(H,34,39)/t24?,25?,27-/m1/s1. The second kappa shape index (κ2) is 13.9. The van der Waals surface area contributed by atoms with Crippen molar-refractivity contribution in [1.82, 2.24) is 19.8 Å². The number of amides is 2. The normalized spacial score (nSPS) is 22.6. The highest BCUT2D eigenvalue weighted by Gasteiger charge is 2.32. The number of anilines is 1. The molecule has 6 rings (SSSR count). The number of carbonyl (C=O) groups is 2. The Labute approximate surface area is 257 Å². The Bertz CT molecular complexity index is 1460. The molecular weight excluding hydrogens is 562 g/mol. The maximum Gasteiger partial charge on any atom is 0.262 e. The van der Waals surface area contributed by atoms with Crippen LogP contribution in [0.15, 0.2) is 64.5 Å². The molecule has 3 aromatic rings. The van der Waals surface area contributed by atoms with Crippen LogP contribution in [0.3, 0.4) is 0 Å². The van der Waals surface area contributed by atoms with Gasteiger partial charge in [0, 0.05) is 57.5 Å². The largest absolute Gasteiger partial charge is 0.376 e. The number of nitrogens with one attached hydrogen (secondary N) is 1. The van der Waals surface area contributed by atoms with Crippen LogP contribution in [0.2, 0.25) is 0 Å². The van der Waals surface area contributed by atoms with Crippen molar-refractivity contribution in [3.05, 3.63) is 65.0 Å². The minimum absolute atomic E-state index is 0.0485. The summed E-state index contributed by atoms with van der Waals surface area (Å²) in [6, 6.07) is 17.8. The lowest BCUT2D eigenvalue weighted by molar-refractivity contribution is -0.137. The van der Waals surface area contributed by atoms with Gasteiger partial charge in [0.2, 0.25) is 11.8 Å². The molecule has 1 saturated carbocycles. The highest BCUT2D eigenvalue weighted by atomic mass is 32.2. The molecule has 9 nitrogen and oxygen atoms in total. The van der Waals surface area contributed by atoms with Crippen molar-refractivity contribution in [3.63, 3.8) is 0 Å². The van der Waals surface area contributed by atoms with E-state index in [1.807, 2.05) is 35.2 Å². The Morgan fingerprint density at radius 2 is 1.67 bits per heavy atom. The molecule has 2 aromatic carbocycles. The zero-order valence-corrected chi connectivity index (χ0v) is 25.5. The zero-order valence-electron chi connectivity index (χ0n) is 24.7. The fourth-order valence-electron chi connectivity index (χ4n) is 6.57. The van der Waals surface area contributed by atoms with E-state index < -0.39 is 0 Å². The lowest BCUT2D eigenvalue weighted by Gasteiger charge is -2.39. The predicted molar refractivity (Wildman–Crippen MR) is 169 cm³/mol. The maximum atomic E-state index is 13.6. The van der Waals surface area contributed by atoms with Crippen molar-refractivity contribution in [3.8, 4) is 0 Å². The van der Waals surface area contributed by atoms with Gasteiger partial charge in [-0.05, 0) is 68.7 Å². The first-order valence-electron chi connectivity index (χ1n) is 15.6. The van der Waals surface area contributed by atoms with Gasteiger partial charge in [0.15, 0.2) is 5.16 Å². The topological polar surface area (TPSA) is 96.8 Å². The molecule has 43 heavy (non-hydrogen) atoms. The summed E-state index contributed by atoms with van der Waals surface area (Å²) in [5, 5.41) is 4.13. The number of aromatic nitrogens is 2. The van der Waals surface area contributed by atoms with Gasteiger partial charge in [-0.3, -0.25) is 19.0 Å². The first-order chi connectivity index (χ1) is 21.0. The van der Waals surface area contributed by atoms with E-state index in [1.54, 1.807) is 4.57 Å². The first kappa shape index (κ1) is 29.7. The third kappa shape index (κ3) is 7.24. The number of hydrogen-bond donors (Lipinski definition) is 1. The lowest BCUT2D eigenvalue weighted by atomic mass is 9.81. The SMILES string of the molecule is O=C(CSc1nc2ccccc2c(=O)n1CC1CCC(C(=O)N2CCN(c3ccccc3)CC2)CC1)NC[C@H]1CCCO1. The maximum absolute atomic E-state index is 13.6. The van der Waals surface area contributed by atoms with Crippen LogP contribution in [-0.4, -0.2) is 77.5 Å². The number of hydrogen-bond acceptors (Lipinski definition) is 7. The van der Waals surface area contributed by atoms with E-state index in [1.165, 1.54) is 17.4 Å². The molecule has 10 heteroatoms. The third-order valence-electron chi connectivity index (χ3n) is 9.06. The number of nitrogens with zero attached hydrogens (tertiary/aromatic N) is 4. The number of carbonyl (C=O) groups excluding carboxylic acids is 2. The highest BCUT2D eigenvalue weighted by Crippen LogP contribution is 2.32. The van der Waals surface area contributed by atoms with Gasteiger partial charge in [0.05, 0.1) is 22.8 Å². The van der Waals surface area contributed by atoms with Crippen LogP contribution in [0, 0.1) is 11.8 Å². The van der Waals surface area contributed by atoms with Crippen LogP contribution in [0.1, 0.15) is 38.5 Å². The summed E-state index contributed by atoms with van der Waals surface area (Å²) in [5.74, 6) is 0.717. The summed E-state index contributed by atoms with van der Waals surface area (Å²) >= 11 is 1.31. The Balaban J connectivity index is 1.05. The number of fused-ring (bicyclic) bond motifs is 1. The van der Waals surface area contributed by atoms with Crippen molar-refractivity contribution >= 4 is 40.2 Å². The Morgan fingerprint density at radius 3 is 2.42 bits per heavy atom. The number of para-hydroxylation sites is 2. The van der Waals surface area contributed by atoms with Crippen LogP contribution >= 0.6 is 11.8 Å². The molecule has 2 amide bonds. The van der Waals surface area contributed by atoms with Crippen LogP contribution < -0.4 is 15.8 Å². The quantitative estimate of drug-likeness (QED) is 0.292. The fourth-order valence-corrected chi connectivity index (χ4v) is 7.40. The van der Waals surface area contributed by atoms with Crippen LogP contribution in [0.25, 0.3) is 10.9 Å². The lowest BCUT2D eigenvalue weighted by Crippen LogP contribution is -2.50. The van der Waals surface area contributed by atoms with Crippen molar-refractivity contribution in [1.29, 1.82) is 0 Å². The molecule has 2 saturated heterocycles. The number of ether oxygens (including phenoxy) is 1. The number of piperazine rings is 1. The number of rotatable bonds is 9. The van der Waals surface area contributed by atoms with Crippen LogP contribution in [0.4, 0.5) is 5.69 Å². The van der Waals surface area contributed by atoms with Gasteiger partial charge in [-0.15, -0.1) is 0 Å². The summed E-state index contributed by atoms with van der Waals surface area (Å²) in [7, 11) is 0. The fraction of sp³-hybridized carbons (Fsp3) is 0.515. The monoisotopic (exact) mass is 603 g/mol. The predicted octanol–water partition coefficient (Wildman–Crippen LogP) is 3.94. The Morgan fingerprint density at radius 1 is 0.930 bits per heavy atom. The van der Waals surface area contributed by atoms with E-state index in [2.05, 4.69) is 34.5 Å². The zero-order chi connectivity index (χ0) is 29.6. The van der Waals surface area contributed by atoms with E-state index in [4.69, 9.17) is 9.72 Å². The van der Waals surface area contributed by atoms with Crippen molar-refractivity contribution in [2.75, 3.05) is 50.0 Å². The summed E-state index contributed by atoms with van der Waals surface area (Å²) in [6.07, 6.45) is 5.56. The molecule has 1 N–H and O–H groups in total. The number of thioether (sulfide) groups is 1. The van der Waals surface area contributed by atoms with E-state index in [-0.39, 0.29) is 41.1 Å². The van der Waals surface area contributed by atoms with E-state index in [9.17, 15) is 14.4 Å². The minimum atomic E-state index is -0.0851. The molecule has 2 aliphatic heterocycles. The Hall–Kier alpha value is -3.37. The van der Waals surface area contributed by atoms with Gasteiger partial charge >= 0.3 is 0 Å². The highest BCUT2D eigenvalue weighted by molar-refractivity contribution is 7.99. The van der Waals surface area contributed by atoms with Gasteiger partial charge in [-0.25, -0.2) is 4.98 Å². The number of benzene rings is 2. The molecular formula is C33H41N5O4S. The van der Waals surface area contributed by atoms with E-state index in [0.29, 0.717) is 29.1 Å². The summed E-state index contributed by atoms with van der Waals surface area (Å²) in [4.78, 5) is 48.8. The van der Waals surface area contributed by atoms with Crippen LogP contribution in [-0.2, 0) is 20.9 Å². The van der Waals surface area contributed by atoms with Gasteiger partial charge in [0.25, 0.3) is 5.56 Å². The van der Waals surface area contributed by atoms with Gasteiger partial charge in [0.1, 0.15) is 0 Å². The molecule has 1 aromatic heterocycles. The summed E-state index contributed by atoms with van der Waals surface area (Å²) < 4.78 is 7.37. The van der Waals surface area contributed by atoms with Gasteiger partial charge in [-0.1, -0.05) is 42.1 Å². The first-order valence-corrected chi connectivity index (χ1v) is 16.6. The van der Waals surface area contributed by atoms with E-state index >= 15 is 0 Å². The van der Waals surface area contributed by atoms with Gasteiger partial charge in [-0.2, -0.15) is 0 Å². The third-order valence-corrected chi connectivity index (χ3v) is 10.0. The second-order valence-electron chi connectivity index (χ2n) is 11.9.